The summed E-state index contributed by atoms with van der Waals surface area (Å²) in [6, 6.07) is 19.6. The van der Waals surface area contributed by atoms with Crippen molar-refractivity contribution in [3.63, 3.8) is 0 Å². The fraction of sp³-hybridized carbons (Fsp3) is 0. The van der Waals surface area contributed by atoms with E-state index in [1.165, 1.54) is 18.2 Å². The number of rotatable bonds is 4. The molecule has 7 heteroatoms. The van der Waals surface area contributed by atoms with E-state index in [9.17, 15) is 14.4 Å². The minimum absolute atomic E-state index is 0.0266. The smallest absolute Gasteiger partial charge is 0.344 e. The number of hydrogen-bond acceptors (Lipinski definition) is 4. The lowest BCUT2D eigenvalue weighted by atomic mass is 10.0. The van der Waals surface area contributed by atoms with Gasteiger partial charge in [0.05, 0.1) is 16.1 Å². The minimum Gasteiger partial charge on any atom is -0.478 e. The normalized spacial score (nSPS) is 10.7. The highest BCUT2D eigenvalue weighted by molar-refractivity contribution is 6.33. The summed E-state index contributed by atoms with van der Waals surface area (Å²) in [5.41, 5.74) is 1.76. The molecule has 1 aromatic heterocycles. The van der Waals surface area contributed by atoms with Gasteiger partial charge in [0, 0.05) is 16.6 Å². The summed E-state index contributed by atoms with van der Waals surface area (Å²) in [7, 11) is 0. The van der Waals surface area contributed by atoms with Gasteiger partial charge in [-0.1, -0.05) is 41.9 Å². The standard InChI is InChI=1S/C23H14ClNO5/c24-19-12-16(9-10-17(19)22(27)28)25-21(26)14-7-5-13(6-8-14)18-11-15-3-1-2-4-20(15)30-23(18)29/h1-12H,(H,25,26)(H,27,28). The maximum absolute atomic E-state index is 12.5. The average Bonchev–Trinajstić information content (AvgIpc) is 2.73. The van der Waals surface area contributed by atoms with Crippen molar-refractivity contribution < 1.29 is 19.1 Å². The zero-order valence-electron chi connectivity index (χ0n) is 15.4. The van der Waals surface area contributed by atoms with Crippen LogP contribution >= 0.6 is 11.6 Å². The van der Waals surface area contributed by atoms with E-state index in [0.717, 1.165) is 5.39 Å². The van der Waals surface area contributed by atoms with Crippen LogP contribution in [-0.4, -0.2) is 17.0 Å². The fourth-order valence-corrected chi connectivity index (χ4v) is 3.30. The number of nitrogens with one attached hydrogen (secondary N) is 1. The fourth-order valence-electron chi connectivity index (χ4n) is 3.03. The highest BCUT2D eigenvalue weighted by atomic mass is 35.5. The van der Waals surface area contributed by atoms with Crippen molar-refractivity contribution in [2.45, 2.75) is 0 Å². The van der Waals surface area contributed by atoms with E-state index in [1.54, 1.807) is 42.5 Å². The largest absolute Gasteiger partial charge is 0.478 e. The Morgan fingerprint density at radius 3 is 2.37 bits per heavy atom. The van der Waals surface area contributed by atoms with Gasteiger partial charge >= 0.3 is 11.6 Å². The van der Waals surface area contributed by atoms with Gasteiger partial charge in [-0.15, -0.1) is 0 Å². The van der Waals surface area contributed by atoms with Crippen molar-refractivity contribution in [1.82, 2.24) is 0 Å². The van der Waals surface area contributed by atoms with Gasteiger partial charge in [0.25, 0.3) is 5.91 Å². The first-order valence-electron chi connectivity index (χ1n) is 8.90. The molecule has 1 amide bonds. The second kappa shape index (κ2) is 7.85. The summed E-state index contributed by atoms with van der Waals surface area (Å²) >= 11 is 5.93. The number of aromatic carboxylic acids is 1. The third-order valence-electron chi connectivity index (χ3n) is 4.56. The molecule has 6 nitrogen and oxygen atoms in total. The molecular weight excluding hydrogens is 406 g/mol. The topological polar surface area (TPSA) is 96.6 Å². The zero-order valence-corrected chi connectivity index (χ0v) is 16.1. The number of hydrogen-bond donors (Lipinski definition) is 2. The summed E-state index contributed by atoms with van der Waals surface area (Å²) in [6.45, 7) is 0. The Hall–Kier alpha value is -3.90. The van der Waals surface area contributed by atoms with Crippen LogP contribution in [0.4, 0.5) is 5.69 Å². The molecular formula is C23H14ClNO5. The summed E-state index contributed by atoms with van der Waals surface area (Å²) < 4.78 is 5.35. The van der Waals surface area contributed by atoms with Gasteiger partial charge in [-0.25, -0.2) is 9.59 Å². The van der Waals surface area contributed by atoms with Crippen LogP contribution in [0.5, 0.6) is 0 Å². The highest BCUT2D eigenvalue weighted by Gasteiger charge is 2.13. The Bertz CT molecular complexity index is 1340. The molecule has 0 saturated heterocycles. The van der Waals surface area contributed by atoms with Crippen LogP contribution in [0.1, 0.15) is 20.7 Å². The predicted molar refractivity (Wildman–Crippen MR) is 114 cm³/mol. The summed E-state index contributed by atoms with van der Waals surface area (Å²) in [5, 5.41) is 12.5. The lowest BCUT2D eigenvalue weighted by Crippen LogP contribution is -2.12. The van der Waals surface area contributed by atoms with E-state index < -0.39 is 17.5 Å². The van der Waals surface area contributed by atoms with Gasteiger partial charge in [-0.2, -0.15) is 0 Å². The number of amides is 1. The van der Waals surface area contributed by atoms with Gasteiger partial charge in [0.2, 0.25) is 0 Å². The van der Waals surface area contributed by atoms with Crippen LogP contribution in [0.2, 0.25) is 5.02 Å². The molecule has 0 aliphatic rings. The molecule has 0 aliphatic heterocycles. The van der Waals surface area contributed by atoms with E-state index >= 15 is 0 Å². The quantitative estimate of drug-likeness (QED) is 0.450. The second-order valence-electron chi connectivity index (χ2n) is 6.52. The molecule has 3 aromatic carbocycles. The monoisotopic (exact) mass is 419 g/mol. The summed E-state index contributed by atoms with van der Waals surface area (Å²) in [5.74, 6) is -1.54. The van der Waals surface area contributed by atoms with Crippen molar-refractivity contribution >= 4 is 40.1 Å². The lowest BCUT2D eigenvalue weighted by Gasteiger charge is -2.08. The first-order valence-corrected chi connectivity index (χ1v) is 9.28. The van der Waals surface area contributed by atoms with E-state index in [0.29, 0.717) is 28.0 Å². The van der Waals surface area contributed by atoms with Crippen molar-refractivity contribution in [3.05, 3.63) is 99.4 Å². The molecule has 0 spiro atoms. The number of carboxylic acid groups (broad SMARTS) is 1. The molecule has 2 N–H and O–H groups in total. The number of anilines is 1. The molecule has 0 fully saturated rings. The summed E-state index contributed by atoms with van der Waals surface area (Å²) in [4.78, 5) is 35.8. The maximum Gasteiger partial charge on any atom is 0.344 e. The van der Waals surface area contributed by atoms with E-state index in [4.69, 9.17) is 21.1 Å². The van der Waals surface area contributed by atoms with Crippen LogP contribution in [0.15, 0.2) is 82.0 Å². The Labute approximate surface area is 175 Å². The average molecular weight is 420 g/mol. The minimum atomic E-state index is -1.15. The molecule has 1 heterocycles. The van der Waals surface area contributed by atoms with Crippen LogP contribution in [0.25, 0.3) is 22.1 Å². The SMILES string of the molecule is O=C(Nc1ccc(C(=O)O)c(Cl)c1)c1ccc(-c2cc3ccccc3oc2=O)cc1. The van der Waals surface area contributed by atoms with Crippen LogP contribution in [-0.2, 0) is 0 Å². The highest BCUT2D eigenvalue weighted by Crippen LogP contribution is 2.23. The Morgan fingerprint density at radius 2 is 1.67 bits per heavy atom. The number of para-hydroxylation sites is 1. The van der Waals surface area contributed by atoms with E-state index in [2.05, 4.69) is 5.32 Å². The predicted octanol–water partition coefficient (Wildman–Crippen LogP) is 5.06. The van der Waals surface area contributed by atoms with Gasteiger partial charge < -0.3 is 14.8 Å². The number of carbonyl (C=O) groups is 2. The third-order valence-corrected chi connectivity index (χ3v) is 4.87. The first-order chi connectivity index (χ1) is 14.4. The number of carbonyl (C=O) groups excluding carboxylic acids is 1. The Morgan fingerprint density at radius 1 is 0.933 bits per heavy atom. The molecule has 148 valence electrons. The van der Waals surface area contributed by atoms with Crippen LogP contribution in [0, 0.1) is 0 Å². The second-order valence-corrected chi connectivity index (χ2v) is 6.92. The number of halogens is 1. The Balaban J connectivity index is 1.57. The molecule has 0 bridgehead atoms. The van der Waals surface area contributed by atoms with E-state index in [-0.39, 0.29) is 10.6 Å². The summed E-state index contributed by atoms with van der Waals surface area (Å²) in [6.07, 6.45) is 0. The van der Waals surface area contributed by atoms with Crippen molar-refractivity contribution in [2.24, 2.45) is 0 Å². The van der Waals surface area contributed by atoms with Gasteiger partial charge in [-0.3, -0.25) is 4.79 Å². The molecule has 4 aromatic rings. The van der Waals surface area contributed by atoms with Gasteiger partial charge in [0.1, 0.15) is 5.58 Å². The molecule has 0 atom stereocenters. The number of carboxylic acids is 1. The van der Waals surface area contributed by atoms with Crippen molar-refractivity contribution in [1.29, 1.82) is 0 Å². The van der Waals surface area contributed by atoms with Gasteiger partial charge in [0.15, 0.2) is 0 Å². The van der Waals surface area contributed by atoms with Crippen LogP contribution in [0.3, 0.4) is 0 Å². The Kier molecular flexibility index (Phi) is 5.08. The third kappa shape index (κ3) is 3.81. The first kappa shape index (κ1) is 19.4. The van der Waals surface area contributed by atoms with Crippen molar-refractivity contribution in [2.75, 3.05) is 5.32 Å². The lowest BCUT2D eigenvalue weighted by molar-refractivity contribution is 0.0697. The molecule has 4 rings (SSSR count). The van der Waals surface area contributed by atoms with E-state index in [1.807, 2.05) is 12.1 Å². The number of fused-ring (bicyclic) bond motifs is 1. The molecule has 0 radical (unpaired) electrons. The molecule has 30 heavy (non-hydrogen) atoms. The number of benzene rings is 3. The molecule has 0 unspecified atom stereocenters. The maximum atomic E-state index is 12.5. The molecule has 0 aliphatic carbocycles. The zero-order chi connectivity index (χ0) is 21.3. The van der Waals surface area contributed by atoms with Crippen molar-refractivity contribution in [3.8, 4) is 11.1 Å². The van der Waals surface area contributed by atoms with Gasteiger partial charge in [-0.05, 0) is 48.0 Å². The molecule has 0 saturated carbocycles. The van der Waals surface area contributed by atoms with Crippen LogP contribution < -0.4 is 10.9 Å².